The van der Waals surface area contributed by atoms with E-state index in [1.54, 1.807) is 19.2 Å². The van der Waals surface area contributed by atoms with Crippen molar-refractivity contribution in [3.63, 3.8) is 0 Å². The SMILES string of the molecule is COc1cccc(O)c1N(C)C. The predicted molar refractivity (Wildman–Crippen MR) is 49.0 cm³/mol. The van der Waals surface area contributed by atoms with Gasteiger partial charge in [-0.15, -0.1) is 0 Å². The molecule has 0 amide bonds. The smallest absolute Gasteiger partial charge is 0.145 e. The van der Waals surface area contributed by atoms with E-state index in [1.807, 2.05) is 25.1 Å². The average Bonchev–Trinajstić information content (AvgIpc) is 2.03. The second kappa shape index (κ2) is 3.34. The van der Waals surface area contributed by atoms with E-state index in [-0.39, 0.29) is 5.75 Å². The van der Waals surface area contributed by atoms with Crippen molar-refractivity contribution in [3.05, 3.63) is 18.2 Å². The van der Waals surface area contributed by atoms with Crippen molar-refractivity contribution in [2.45, 2.75) is 0 Å². The summed E-state index contributed by atoms with van der Waals surface area (Å²) in [4.78, 5) is 1.81. The summed E-state index contributed by atoms with van der Waals surface area (Å²) in [5, 5.41) is 9.47. The molecule has 66 valence electrons. The zero-order valence-electron chi connectivity index (χ0n) is 7.53. The van der Waals surface area contributed by atoms with Gasteiger partial charge in [0.1, 0.15) is 17.2 Å². The van der Waals surface area contributed by atoms with Gasteiger partial charge < -0.3 is 14.7 Å². The summed E-state index contributed by atoms with van der Waals surface area (Å²) in [5.41, 5.74) is 0.708. The van der Waals surface area contributed by atoms with Gasteiger partial charge in [0.15, 0.2) is 0 Å². The molecule has 0 heterocycles. The van der Waals surface area contributed by atoms with Crippen LogP contribution in [0.4, 0.5) is 5.69 Å². The number of aromatic hydroxyl groups is 1. The van der Waals surface area contributed by atoms with Crippen molar-refractivity contribution < 1.29 is 9.84 Å². The predicted octanol–water partition coefficient (Wildman–Crippen LogP) is 1.47. The molecule has 0 aliphatic heterocycles. The van der Waals surface area contributed by atoms with Crippen LogP contribution in [0.3, 0.4) is 0 Å². The van der Waals surface area contributed by atoms with Crippen molar-refractivity contribution in [2.24, 2.45) is 0 Å². The van der Waals surface area contributed by atoms with E-state index in [2.05, 4.69) is 0 Å². The molecule has 0 bridgehead atoms. The van der Waals surface area contributed by atoms with Crippen molar-refractivity contribution in [2.75, 3.05) is 26.1 Å². The van der Waals surface area contributed by atoms with Crippen molar-refractivity contribution in [3.8, 4) is 11.5 Å². The molecule has 0 spiro atoms. The first kappa shape index (κ1) is 8.71. The van der Waals surface area contributed by atoms with E-state index in [0.29, 0.717) is 11.4 Å². The number of nitrogens with zero attached hydrogens (tertiary/aromatic N) is 1. The van der Waals surface area contributed by atoms with Gasteiger partial charge in [-0.25, -0.2) is 0 Å². The lowest BCUT2D eigenvalue weighted by Crippen LogP contribution is -2.10. The summed E-state index contributed by atoms with van der Waals surface area (Å²) in [7, 11) is 5.30. The van der Waals surface area contributed by atoms with Crippen LogP contribution in [-0.2, 0) is 0 Å². The lowest BCUT2D eigenvalue weighted by atomic mass is 10.2. The molecule has 12 heavy (non-hydrogen) atoms. The molecule has 0 saturated carbocycles. The van der Waals surface area contributed by atoms with Gasteiger partial charge in [-0.05, 0) is 12.1 Å². The third-order valence-electron chi connectivity index (χ3n) is 1.64. The Balaban J connectivity index is 3.20. The van der Waals surface area contributed by atoms with Gasteiger partial charge in [-0.2, -0.15) is 0 Å². The second-order valence-electron chi connectivity index (χ2n) is 2.72. The Morgan fingerprint density at radius 2 is 2.00 bits per heavy atom. The number of hydrogen-bond donors (Lipinski definition) is 1. The van der Waals surface area contributed by atoms with Gasteiger partial charge in [-0.3, -0.25) is 0 Å². The molecule has 1 N–H and O–H groups in total. The highest BCUT2D eigenvalue weighted by atomic mass is 16.5. The standard InChI is InChI=1S/C9H13NO2/c1-10(2)9-7(11)5-4-6-8(9)12-3/h4-6,11H,1-3H3. The molecule has 0 unspecified atom stereocenters. The van der Waals surface area contributed by atoms with Gasteiger partial charge in [0.25, 0.3) is 0 Å². The number of benzene rings is 1. The molecule has 0 fully saturated rings. The van der Waals surface area contributed by atoms with E-state index < -0.39 is 0 Å². The van der Waals surface area contributed by atoms with Crippen molar-refractivity contribution in [1.82, 2.24) is 0 Å². The van der Waals surface area contributed by atoms with Crippen molar-refractivity contribution >= 4 is 5.69 Å². The van der Waals surface area contributed by atoms with Crippen molar-refractivity contribution in [1.29, 1.82) is 0 Å². The number of rotatable bonds is 2. The molecule has 0 aromatic heterocycles. The van der Waals surface area contributed by atoms with Crippen LogP contribution in [0.15, 0.2) is 18.2 Å². The number of phenols is 1. The molecule has 3 heteroatoms. The molecule has 0 saturated heterocycles. The topological polar surface area (TPSA) is 32.7 Å². The largest absolute Gasteiger partial charge is 0.506 e. The highest BCUT2D eigenvalue weighted by Crippen LogP contribution is 2.34. The molecule has 1 aromatic carbocycles. The molecular weight excluding hydrogens is 154 g/mol. The lowest BCUT2D eigenvalue weighted by molar-refractivity contribution is 0.408. The minimum atomic E-state index is 0.236. The molecule has 1 aromatic rings. The Labute approximate surface area is 72.2 Å². The van der Waals surface area contributed by atoms with Crippen LogP contribution in [0.25, 0.3) is 0 Å². The summed E-state index contributed by atoms with van der Waals surface area (Å²) < 4.78 is 5.09. The third-order valence-corrected chi connectivity index (χ3v) is 1.64. The molecule has 0 aliphatic carbocycles. The number of anilines is 1. The maximum atomic E-state index is 9.47. The van der Waals surface area contributed by atoms with Gasteiger partial charge in [-0.1, -0.05) is 6.07 Å². The summed E-state index contributed by atoms with van der Waals surface area (Å²) >= 11 is 0. The summed E-state index contributed by atoms with van der Waals surface area (Å²) in [6.45, 7) is 0. The zero-order valence-corrected chi connectivity index (χ0v) is 7.53. The highest BCUT2D eigenvalue weighted by Gasteiger charge is 2.08. The van der Waals surface area contributed by atoms with E-state index in [4.69, 9.17) is 4.74 Å². The highest BCUT2D eigenvalue weighted by molar-refractivity contribution is 5.66. The van der Waals surface area contributed by atoms with E-state index in [9.17, 15) is 5.11 Å². The Kier molecular flexibility index (Phi) is 2.43. The summed E-state index contributed by atoms with van der Waals surface area (Å²) in [6.07, 6.45) is 0. The Morgan fingerprint density at radius 3 is 2.42 bits per heavy atom. The minimum absolute atomic E-state index is 0.236. The Morgan fingerprint density at radius 1 is 1.33 bits per heavy atom. The monoisotopic (exact) mass is 167 g/mol. The summed E-state index contributed by atoms with van der Waals surface area (Å²) in [6, 6.07) is 5.20. The second-order valence-corrected chi connectivity index (χ2v) is 2.72. The Bertz CT molecular complexity index is 271. The first-order valence-corrected chi connectivity index (χ1v) is 3.70. The van der Waals surface area contributed by atoms with E-state index in [0.717, 1.165) is 0 Å². The normalized spacial score (nSPS) is 9.58. The number of hydrogen-bond acceptors (Lipinski definition) is 3. The third kappa shape index (κ3) is 1.44. The van der Waals surface area contributed by atoms with Gasteiger partial charge in [0, 0.05) is 14.1 Å². The first-order chi connectivity index (χ1) is 5.66. The molecular formula is C9H13NO2. The lowest BCUT2D eigenvalue weighted by Gasteiger charge is -2.17. The Hall–Kier alpha value is -1.38. The van der Waals surface area contributed by atoms with Gasteiger partial charge in [0.2, 0.25) is 0 Å². The van der Waals surface area contributed by atoms with Crippen LogP contribution in [0, 0.1) is 0 Å². The molecule has 1 rings (SSSR count). The number of para-hydroxylation sites is 1. The van der Waals surface area contributed by atoms with Crippen LogP contribution >= 0.6 is 0 Å². The maximum Gasteiger partial charge on any atom is 0.145 e. The fourth-order valence-electron chi connectivity index (χ4n) is 1.12. The number of phenolic OH excluding ortho intramolecular Hbond substituents is 1. The van der Waals surface area contributed by atoms with E-state index in [1.165, 1.54) is 0 Å². The molecule has 0 atom stereocenters. The van der Waals surface area contributed by atoms with Gasteiger partial charge >= 0.3 is 0 Å². The zero-order chi connectivity index (χ0) is 9.14. The number of methoxy groups -OCH3 is 1. The fraction of sp³-hybridized carbons (Fsp3) is 0.333. The molecule has 0 aliphatic rings. The quantitative estimate of drug-likeness (QED) is 0.724. The maximum absolute atomic E-state index is 9.47. The van der Waals surface area contributed by atoms with Gasteiger partial charge in [0.05, 0.1) is 7.11 Å². The molecule has 3 nitrogen and oxygen atoms in total. The average molecular weight is 167 g/mol. The van der Waals surface area contributed by atoms with Crippen LogP contribution < -0.4 is 9.64 Å². The van der Waals surface area contributed by atoms with Crippen LogP contribution in [0.1, 0.15) is 0 Å². The van der Waals surface area contributed by atoms with E-state index >= 15 is 0 Å². The fourth-order valence-corrected chi connectivity index (χ4v) is 1.12. The molecule has 0 radical (unpaired) electrons. The van der Waals surface area contributed by atoms with Crippen LogP contribution in [0.2, 0.25) is 0 Å². The van der Waals surface area contributed by atoms with Crippen LogP contribution in [-0.4, -0.2) is 26.3 Å². The summed E-state index contributed by atoms with van der Waals surface area (Å²) in [5.74, 6) is 0.916. The first-order valence-electron chi connectivity index (χ1n) is 3.70. The minimum Gasteiger partial charge on any atom is -0.506 e. The number of ether oxygens (including phenoxy) is 1. The van der Waals surface area contributed by atoms with Crippen LogP contribution in [0.5, 0.6) is 11.5 Å².